The molecule has 0 atom stereocenters. The van der Waals surface area contributed by atoms with Crippen LogP contribution >= 0.6 is 11.6 Å². The number of benzene rings is 1. The Kier molecular flexibility index (Phi) is 2.23. The van der Waals surface area contributed by atoms with Gasteiger partial charge in [-0.25, -0.2) is 9.50 Å². The molecule has 0 saturated carbocycles. The maximum absolute atomic E-state index is 9.39. The van der Waals surface area contributed by atoms with Crippen LogP contribution in [0.5, 0.6) is 5.88 Å². The van der Waals surface area contributed by atoms with Crippen molar-refractivity contribution in [2.75, 3.05) is 0 Å². The molecule has 0 aliphatic heterocycles. The highest BCUT2D eigenvalue weighted by molar-refractivity contribution is 6.30. The van der Waals surface area contributed by atoms with Crippen LogP contribution in [0.25, 0.3) is 16.9 Å². The van der Waals surface area contributed by atoms with Crippen LogP contribution in [-0.4, -0.2) is 19.7 Å². The molecule has 2 aromatic heterocycles. The average Bonchev–Trinajstić information content (AvgIpc) is 2.71. The summed E-state index contributed by atoms with van der Waals surface area (Å²) in [6.07, 6.45) is 1.70. The first kappa shape index (κ1) is 10.1. The Balaban J connectivity index is 2.27. The smallest absolute Gasteiger partial charge is 0.229 e. The lowest BCUT2D eigenvalue weighted by atomic mass is 10.2. The van der Waals surface area contributed by atoms with E-state index in [1.54, 1.807) is 22.8 Å². The van der Waals surface area contributed by atoms with E-state index in [0.717, 1.165) is 11.3 Å². The minimum atomic E-state index is -0.0428. The minimum Gasteiger partial charge on any atom is -0.492 e. The van der Waals surface area contributed by atoms with Crippen molar-refractivity contribution in [2.45, 2.75) is 0 Å². The second kappa shape index (κ2) is 3.75. The molecule has 0 aliphatic rings. The number of aromatic hydroxyl groups is 1. The van der Waals surface area contributed by atoms with E-state index < -0.39 is 0 Å². The molecule has 0 radical (unpaired) electrons. The quantitative estimate of drug-likeness (QED) is 0.717. The second-order valence-electron chi connectivity index (χ2n) is 3.62. The van der Waals surface area contributed by atoms with Gasteiger partial charge in [0.25, 0.3) is 0 Å². The van der Waals surface area contributed by atoms with Crippen LogP contribution in [0, 0.1) is 0 Å². The molecular formula is C12H8ClN3O. The molecule has 0 amide bonds. The van der Waals surface area contributed by atoms with Crippen LogP contribution in [0.3, 0.4) is 0 Å². The van der Waals surface area contributed by atoms with Crippen LogP contribution in [0.1, 0.15) is 0 Å². The highest BCUT2D eigenvalue weighted by Gasteiger charge is 2.07. The van der Waals surface area contributed by atoms with E-state index in [2.05, 4.69) is 10.1 Å². The zero-order valence-electron chi connectivity index (χ0n) is 8.71. The predicted molar refractivity (Wildman–Crippen MR) is 65.1 cm³/mol. The van der Waals surface area contributed by atoms with Crippen molar-refractivity contribution in [1.82, 2.24) is 14.6 Å². The van der Waals surface area contributed by atoms with Gasteiger partial charge in [-0.2, -0.15) is 0 Å². The van der Waals surface area contributed by atoms with E-state index in [-0.39, 0.29) is 5.88 Å². The van der Waals surface area contributed by atoms with Gasteiger partial charge in [-0.05, 0) is 18.2 Å². The molecule has 1 aromatic carbocycles. The van der Waals surface area contributed by atoms with Crippen LogP contribution in [0.2, 0.25) is 5.02 Å². The molecular weight excluding hydrogens is 238 g/mol. The number of halogens is 1. The van der Waals surface area contributed by atoms with Crippen LogP contribution in [-0.2, 0) is 0 Å². The van der Waals surface area contributed by atoms with Gasteiger partial charge in [0, 0.05) is 16.7 Å². The Bertz CT molecular complexity index is 693. The number of fused-ring (bicyclic) bond motifs is 1. The fraction of sp³-hybridized carbons (Fsp3) is 0. The maximum atomic E-state index is 9.39. The molecule has 0 aliphatic carbocycles. The Morgan fingerprint density at radius 1 is 1.18 bits per heavy atom. The van der Waals surface area contributed by atoms with E-state index in [9.17, 15) is 5.11 Å². The Morgan fingerprint density at radius 3 is 2.88 bits per heavy atom. The van der Waals surface area contributed by atoms with E-state index in [0.29, 0.717) is 10.7 Å². The number of imidazole rings is 1. The molecule has 3 rings (SSSR count). The van der Waals surface area contributed by atoms with Gasteiger partial charge < -0.3 is 5.11 Å². The summed E-state index contributed by atoms with van der Waals surface area (Å²) >= 11 is 5.94. The summed E-state index contributed by atoms with van der Waals surface area (Å²) in [6.45, 7) is 0. The largest absolute Gasteiger partial charge is 0.492 e. The first-order valence-corrected chi connectivity index (χ1v) is 5.41. The molecule has 0 unspecified atom stereocenters. The highest BCUT2D eigenvalue weighted by Crippen LogP contribution is 2.23. The topological polar surface area (TPSA) is 50.4 Å². The Hall–Kier alpha value is -2.07. The Labute approximate surface area is 102 Å². The Morgan fingerprint density at radius 2 is 2.06 bits per heavy atom. The third kappa shape index (κ3) is 1.72. The highest BCUT2D eigenvalue weighted by atomic mass is 35.5. The third-order valence-electron chi connectivity index (χ3n) is 2.47. The number of hydrogen-bond acceptors (Lipinski definition) is 3. The number of aromatic nitrogens is 3. The van der Waals surface area contributed by atoms with Gasteiger partial charge in [0.1, 0.15) is 0 Å². The number of hydrogen-bond donors (Lipinski definition) is 1. The van der Waals surface area contributed by atoms with Crippen molar-refractivity contribution >= 4 is 17.2 Å². The molecule has 17 heavy (non-hydrogen) atoms. The number of nitrogens with zero attached hydrogens (tertiary/aromatic N) is 3. The lowest BCUT2D eigenvalue weighted by Gasteiger charge is -2.01. The third-order valence-corrected chi connectivity index (χ3v) is 2.70. The van der Waals surface area contributed by atoms with Crippen molar-refractivity contribution in [3.05, 3.63) is 47.6 Å². The summed E-state index contributed by atoms with van der Waals surface area (Å²) < 4.78 is 1.58. The van der Waals surface area contributed by atoms with Crippen LogP contribution in [0.4, 0.5) is 0 Å². The maximum Gasteiger partial charge on any atom is 0.229 e. The summed E-state index contributed by atoms with van der Waals surface area (Å²) in [5.74, 6) is -0.0428. The van der Waals surface area contributed by atoms with Gasteiger partial charge >= 0.3 is 0 Å². The lowest BCUT2D eigenvalue weighted by Crippen LogP contribution is -1.93. The van der Waals surface area contributed by atoms with Crippen LogP contribution < -0.4 is 0 Å². The van der Waals surface area contributed by atoms with Crippen molar-refractivity contribution < 1.29 is 5.11 Å². The van der Waals surface area contributed by atoms with E-state index in [1.807, 2.05) is 18.2 Å². The molecule has 0 bridgehead atoms. The SMILES string of the molecule is Oc1ccc2ncc(-c3cccc(Cl)c3)n2n1. The van der Waals surface area contributed by atoms with E-state index >= 15 is 0 Å². The molecule has 5 heteroatoms. The summed E-state index contributed by atoms with van der Waals surface area (Å²) in [5, 5.41) is 14.0. The molecule has 84 valence electrons. The van der Waals surface area contributed by atoms with Crippen molar-refractivity contribution in [3.8, 4) is 17.1 Å². The average molecular weight is 246 g/mol. The molecule has 1 N–H and O–H groups in total. The first-order valence-electron chi connectivity index (χ1n) is 5.04. The fourth-order valence-corrected chi connectivity index (χ4v) is 1.90. The van der Waals surface area contributed by atoms with Gasteiger partial charge in [0.05, 0.1) is 11.9 Å². The van der Waals surface area contributed by atoms with Crippen LogP contribution in [0.15, 0.2) is 42.6 Å². The van der Waals surface area contributed by atoms with Crippen molar-refractivity contribution in [2.24, 2.45) is 0 Å². The predicted octanol–water partition coefficient (Wildman–Crippen LogP) is 2.76. The lowest BCUT2D eigenvalue weighted by molar-refractivity contribution is 0.442. The molecule has 0 fully saturated rings. The van der Waals surface area contributed by atoms with Gasteiger partial charge in [0.15, 0.2) is 5.65 Å². The van der Waals surface area contributed by atoms with Gasteiger partial charge in [-0.1, -0.05) is 23.7 Å². The summed E-state index contributed by atoms with van der Waals surface area (Å²) in [5.41, 5.74) is 2.37. The molecule has 0 spiro atoms. The monoisotopic (exact) mass is 245 g/mol. The van der Waals surface area contributed by atoms with Gasteiger partial charge in [0.2, 0.25) is 5.88 Å². The fourth-order valence-electron chi connectivity index (χ4n) is 1.71. The molecule has 2 heterocycles. The van der Waals surface area contributed by atoms with Crippen molar-refractivity contribution in [1.29, 1.82) is 0 Å². The van der Waals surface area contributed by atoms with Gasteiger partial charge in [-0.15, -0.1) is 5.10 Å². The van der Waals surface area contributed by atoms with Crippen molar-refractivity contribution in [3.63, 3.8) is 0 Å². The zero-order chi connectivity index (χ0) is 11.8. The van der Waals surface area contributed by atoms with E-state index in [1.165, 1.54) is 6.07 Å². The van der Waals surface area contributed by atoms with Gasteiger partial charge in [-0.3, -0.25) is 0 Å². The first-order chi connectivity index (χ1) is 8.24. The van der Waals surface area contributed by atoms with E-state index in [4.69, 9.17) is 11.6 Å². The minimum absolute atomic E-state index is 0.0428. The zero-order valence-corrected chi connectivity index (χ0v) is 9.46. The summed E-state index contributed by atoms with van der Waals surface area (Å²) in [6, 6.07) is 10.6. The second-order valence-corrected chi connectivity index (χ2v) is 4.05. The molecule has 4 nitrogen and oxygen atoms in total. The molecule has 0 saturated heterocycles. The number of rotatable bonds is 1. The summed E-state index contributed by atoms with van der Waals surface area (Å²) in [7, 11) is 0. The standard InChI is InChI=1S/C12H8ClN3O/c13-9-3-1-2-8(6-9)10-7-14-11-4-5-12(17)15-16(10)11/h1-7H,(H,15,17). The normalized spacial score (nSPS) is 10.9. The molecule has 3 aromatic rings. The summed E-state index contributed by atoms with van der Waals surface area (Å²) in [4.78, 5) is 4.21.